The summed E-state index contributed by atoms with van der Waals surface area (Å²) in [5.74, 6) is -6.71. The maximum atomic E-state index is 17.1. The summed E-state index contributed by atoms with van der Waals surface area (Å²) in [6, 6.07) is -0.804. The largest absolute Gasteiger partial charge is 0.379 e. The van der Waals surface area contributed by atoms with Crippen molar-refractivity contribution in [2.75, 3.05) is 52.7 Å². The Kier molecular flexibility index (Phi) is 18.7. The molecule has 2 saturated heterocycles. The number of nitrogens with zero attached hydrogens (tertiary/aromatic N) is 1. The number of halogens is 2. The summed E-state index contributed by atoms with van der Waals surface area (Å²) in [5, 5.41) is 0. The maximum Gasteiger partial charge on any atom is 0.320 e. The van der Waals surface area contributed by atoms with Gasteiger partial charge in [0.1, 0.15) is 24.4 Å². The van der Waals surface area contributed by atoms with Crippen LogP contribution in [0.5, 0.6) is 0 Å². The highest BCUT2D eigenvalue weighted by Gasteiger charge is 2.70. The summed E-state index contributed by atoms with van der Waals surface area (Å²) >= 11 is 0. The summed E-state index contributed by atoms with van der Waals surface area (Å²) in [6.07, 6.45) is 5.06. The highest BCUT2D eigenvalue weighted by Crippen LogP contribution is 2.46. The van der Waals surface area contributed by atoms with E-state index < -0.39 is 54.6 Å². The van der Waals surface area contributed by atoms with Crippen LogP contribution in [0.1, 0.15) is 112 Å². The third-order valence-corrected chi connectivity index (χ3v) is 8.31. The molecule has 0 unspecified atom stereocenters. The fraction of sp³-hybridized carbons (Fsp3) is 0.970. The van der Waals surface area contributed by atoms with Crippen LogP contribution in [0.4, 0.5) is 8.78 Å². The number of piperidine rings is 1. The molecule has 0 aromatic heterocycles. The number of alkyl halides is 2. The number of nitrogens with two attached hydrogens (primary N) is 1. The van der Waals surface area contributed by atoms with E-state index in [-0.39, 0.29) is 26.4 Å². The molecule has 44 heavy (non-hydrogen) atoms. The van der Waals surface area contributed by atoms with Gasteiger partial charge >= 0.3 is 5.92 Å². The minimum absolute atomic E-state index is 0.0274. The number of amides is 1. The summed E-state index contributed by atoms with van der Waals surface area (Å²) in [6.45, 7) is 11.0. The molecule has 260 valence electrons. The molecule has 6 atom stereocenters. The average Bonchev–Trinajstić information content (AvgIpc) is 3.00. The lowest BCUT2D eigenvalue weighted by Gasteiger charge is -2.55. The molecule has 0 aliphatic carbocycles. The average molecular weight is 637 g/mol. The zero-order valence-electron chi connectivity index (χ0n) is 28.2. The number of ether oxygens (including phenoxy) is 6. The Balaban J connectivity index is 2.65. The van der Waals surface area contributed by atoms with Crippen LogP contribution in [0.3, 0.4) is 0 Å². The molecular formula is C33H62F2N2O7. The minimum atomic E-state index is -3.67. The van der Waals surface area contributed by atoms with Crippen LogP contribution in [0.25, 0.3) is 0 Å². The van der Waals surface area contributed by atoms with Crippen LogP contribution in [0.2, 0.25) is 0 Å². The lowest BCUT2D eigenvalue weighted by atomic mass is 9.87. The van der Waals surface area contributed by atoms with Crippen molar-refractivity contribution in [3.63, 3.8) is 0 Å². The quantitative estimate of drug-likeness (QED) is 0.132. The third-order valence-electron chi connectivity index (χ3n) is 8.31. The van der Waals surface area contributed by atoms with Gasteiger partial charge < -0.3 is 39.1 Å². The van der Waals surface area contributed by atoms with Gasteiger partial charge in [-0.2, -0.15) is 8.78 Å². The standard InChI is InChI=1S/C33H62F2N2O7/c1-6-11-19-39-24-27-28(40-20-12-7-2)29(41-21-13-8-3)30(42-22-14-9-4)33(44-27,43-23-15-10-5)32(34,35)25-37-18-16-17-26(36)31(37)38/h26-30H,6-25,36H2,1-5H3/t26-,27+,28-,29-,30+,33+/m0/s1. The highest BCUT2D eigenvalue weighted by molar-refractivity contribution is 5.82. The molecule has 2 heterocycles. The Morgan fingerprint density at radius 2 is 1.39 bits per heavy atom. The zero-order valence-corrected chi connectivity index (χ0v) is 28.2. The molecule has 0 radical (unpaired) electrons. The molecule has 2 N–H and O–H groups in total. The molecule has 0 bridgehead atoms. The Hall–Kier alpha value is -0.950. The van der Waals surface area contributed by atoms with E-state index in [2.05, 4.69) is 20.8 Å². The van der Waals surface area contributed by atoms with E-state index in [0.29, 0.717) is 45.5 Å². The van der Waals surface area contributed by atoms with Crippen molar-refractivity contribution in [2.24, 2.45) is 5.73 Å². The van der Waals surface area contributed by atoms with E-state index in [4.69, 9.17) is 34.2 Å². The third kappa shape index (κ3) is 11.1. The summed E-state index contributed by atoms with van der Waals surface area (Å²) in [7, 11) is 0. The van der Waals surface area contributed by atoms with E-state index in [1.807, 2.05) is 13.8 Å². The van der Waals surface area contributed by atoms with Crippen LogP contribution in [0.15, 0.2) is 0 Å². The van der Waals surface area contributed by atoms with Crippen molar-refractivity contribution >= 4 is 5.91 Å². The van der Waals surface area contributed by atoms with Gasteiger partial charge in [-0.05, 0) is 44.9 Å². The monoisotopic (exact) mass is 636 g/mol. The van der Waals surface area contributed by atoms with Gasteiger partial charge in [-0.1, -0.05) is 66.7 Å². The first-order valence-electron chi connectivity index (χ1n) is 17.4. The molecule has 9 nitrogen and oxygen atoms in total. The number of carbonyl (C=O) groups is 1. The number of hydrogen-bond donors (Lipinski definition) is 1. The van der Waals surface area contributed by atoms with Crippen molar-refractivity contribution in [2.45, 2.75) is 154 Å². The smallest absolute Gasteiger partial charge is 0.320 e. The topological polar surface area (TPSA) is 102 Å². The van der Waals surface area contributed by atoms with Crippen LogP contribution >= 0.6 is 0 Å². The van der Waals surface area contributed by atoms with E-state index in [0.717, 1.165) is 56.3 Å². The van der Waals surface area contributed by atoms with E-state index in [1.54, 1.807) is 0 Å². The lowest BCUT2D eigenvalue weighted by molar-refractivity contribution is -0.434. The normalized spacial score (nSPS) is 28.1. The van der Waals surface area contributed by atoms with Gasteiger partial charge in [0.05, 0.1) is 25.8 Å². The molecule has 2 aliphatic heterocycles. The molecule has 0 aromatic carbocycles. The zero-order chi connectivity index (χ0) is 32.4. The molecule has 11 heteroatoms. The first-order chi connectivity index (χ1) is 21.2. The molecule has 2 rings (SSSR count). The number of carbonyl (C=O) groups excluding carboxylic acids is 1. The van der Waals surface area contributed by atoms with E-state index >= 15 is 8.78 Å². The first-order valence-corrected chi connectivity index (χ1v) is 17.4. The Morgan fingerprint density at radius 1 is 0.841 bits per heavy atom. The second-order valence-corrected chi connectivity index (χ2v) is 12.2. The number of likely N-dealkylation sites (tertiary alicyclic amines) is 1. The molecule has 2 aliphatic rings. The van der Waals surface area contributed by atoms with Crippen molar-refractivity contribution in [3.8, 4) is 0 Å². The van der Waals surface area contributed by atoms with E-state index in [1.165, 1.54) is 0 Å². The molecule has 2 fully saturated rings. The van der Waals surface area contributed by atoms with Crippen molar-refractivity contribution < 1.29 is 42.0 Å². The van der Waals surface area contributed by atoms with Gasteiger partial charge in [0, 0.05) is 33.0 Å². The van der Waals surface area contributed by atoms with E-state index in [9.17, 15) is 4.79 Å². The molecule has 0 spiro atoms. The van der Waals surface area contributed by atoms with Crippen LogP contribution < -0.4 is 5.73 Å². The number of hydrogen-bond acceptors (Lipinski definition) is 8. The van der Waals surface area contributed by atoms with Gasteiger partial charge in [-0.3, -0.25) is 4.79 Å². The van der Waals surface area contributed by atoms with Crippen molar-refractivity contribution in [3.05, 3.63) is 0 Å². The van der Waals surface area contributed by atoms with Gasteiger partial charge in [-0.25, -0.2) is 0 Å². The predicted octanol–water partition coefficient (Wildman–Crippen LogP) is 5.86. The van der Waals surface area contributed by atoms with Gasteiger partial charge in [-0.15, -0.1) is 0 Å². The first kappa shape index (κ1) is 39.2. The predicted molar refractivity (Wildman–Crippen MR) is 167 cm³/mol. The fourth-order valence-electron chi connectivity index (χ4n) is 5.57. The minimum Gasteiger partial charge on any atom is -0.379 e. The molecule has 0 aromatic rings. The Labute approximate surface area is 265 Å². The SMILES string of the molecule is CCCCOC[C@H]1O[C@@](OCCCC)(C(F)(F)CN2CCC[C@H](N)C2=O)[C@H](OCCCC)[C@@H](OCCCC)[C@H]1OCCCC. The van der Waals surface area contributed by atoms with Gasteiger partial charge in [0.25, 0.3) is 5.79 Å². The Morgan fingerprint density at radius 3 is 2.00 bits per heavy atom. The van der Waals surface area contributed by atoms with Crippen LogP contribution in [-0.2, 0) is 33.2 Å². The molecule has 0 saturated carbocycles. The highest BCUT2D eigenvalue weighted by atomic mass is 19.3. The van der Waals surface area contributed by atoms with Crippen molar-refractivity contribution in [1.29, 1.82) is 0 Å². The summed E-state index contributed by atoms with van der Waals surface area (Å²) in [4.78, 5) is 14.1. The number of rotatable bonds is 24. The summed E-state index contributed by atoms with van der Waals surface area (Å²) < 4.78 is 72.2. The fourth-order valence-corrected chi connectivity index (χ4v) is 5.57. The van der Waals surface area contributed by atoms with Gasteiger partial charge in [0.2, 0.25) is 5.91 Å². The van der Waals surface area contributed by atoms with Gasteiger partial charge in [0.15, 0.2) is 0 Å². The van der Waals surface area contributed by atoms with Crippen LogP contribution in [0, 0.1) is 0 Å². The Bertz CT molecular complexity index is 780. The molecular weight excluding hydrogens is 574 g/mol. The second kappa shape index (κ2) is 21.0. The molecule has 1 amide bonds. The van der Waals surface area contributed by atoms with Crippen molar-refractivity contribution in [1.82, 2.24) is 4.90 Å². The number of unbranched alkanes of at least 4 members (excludes halogenated alkanes) is 5. The van der Waals surface area contributed by atoms with Crippen LogP contribution in [-0.4, -0.2) is 106 Å². The lowest BCUT2D eigenvalue weighted by Crippen LogP contribution is -2.75. The summed E-state index contributed by atoms with van der Waals surface area (Å²) in [5.41, 5.74) is 6.00. The second-order valence-electron chi connectivity index (χ2n) is 12.2. The maximum absolute atomic E-state index is 17.1.